The van der Waals surface area contributed by atoms with Crippen molar-refractivity contribution in [3.63, 3.8) is 0 Å². The van der Waals surface area contributed by atoms with Crippen LogP contribution in [0.15, 0.2) is 23.6 Å². The summed E-state index contributed by atoms with van der Waals surface area (Å²) in [5.41, 5.74) is 0.953. The first-order valence-corrected chi connectivity index (χ1v) is 8.10. The molecule has 2 aliphatic rings. The Kier molecular flexibility index (Phi) is 3.40. The van der Waals surface area contributed by atoms with Gasteiger partial charge in [0.1, 0.15) is 5.82 Å². The van der Waals surface area contributed by atoms with Crippen molar-refractivity contribution in [1.82, 2.24) is 9.36 Å². The highest BCUT2D eigenvalue weighted by Gasteiger charge is 2.40. The summed E-state index contributed by atoms with van der Waals surface area (Å²) in [4.78, 5) is 20.7. The Morgan fingerprint density at radius 3 is 3.00 bits per heavy atom. The van der Waals surface area contributed by atoms with E-state index in [2.05, 4.69) is 19.6 Å². The molecule has 4 heterocycles. The number of pyridine rings is 1. The second-order valence-electron chi connectivity index (χ2n) is 5.53. The minimum Gasteiger partial charge on any atom is -0.366 e. The van der Waals surface area contributed by atoms with E-state index in [1.54, 1.807) is 28.5 Å². The largest absolute Gasteiger partial charge is 0.366 e. The summed E-state index contributed by atoms with van der Waals surface area (Å²) in [5, 5.41) is 23.3. The maximum Gasteiger partial charge on any atom is 0.329 e. The second kappa shape index (κ2) is 5.44. The first kappa shape index (κ1) is 14.4. The van der Waals surface area contributed by atoms with Crippen LogP contribution in [-0.4, -0.2) is 44.7 Å². The molecule has 120 valence electrons. The molecule has 1 saturated heterocycles. The molecule has 9 heteroatoms. The summed E-state index contributed by atoms with van der Waals surface area (Å²) in [6.07, 6.45) is -0.823. The Balaban J connectivity index is 1.72. The van der Waals surface area contributed by atoms with Gasteiger partial charge in [0, 0.05) is 18.5 Å². The number of carbonyl (C=O) groups is 1. The van der Waals surface area contributed by atoms with Crippen LogP contribution in [0.1, 0.15) is 18.4 Å². The van der Waals surface area contributed by atoms with E-state index in [0.717, 1.165) is 25.2 Å². The Hall–Kier alpha value is -2.23. The van der Waals surface area contributed by atoms with Gasteiger partial charge >= 0.3 is 6.03 Å². The van der Waals surface area contributed by atoms with Gasteiger partial charge in [-0.1, -0.05) is 0 Å². The molecule has 2 aliphatic heterocycles. The van der Waals surface area contributed by atoms with Gasteiger partial charge in [0.25, 0.3) is 0 Å². The highest BCUT2D eigenvalue weighted by Crippen LogP contribution is 2.39. The molecule has 4 rings (SSSR count). The van der Waals surface area contributed by atoms with Gasteiger partial charge in [-0.05, 0) is 36.2 Å². The predicted octanol–water partition coefficient (Wildman–Crippen LogP) is 1.15. The van der Waals surface area contributed by atoms with Crippen LogP contribution in [0.4, 0.5) is 22.1 Å². The van der Waals surface area contributed by atoms with E-state index in [1.165, 1.54) is 11.5 Å². The summed E-state index contributed by atoms with van der Waals surface area (Å²) in [7, 11) is 0. The Labute approximate surface area is 136 Å². The van der Waals surface area contributed by atoms with Crippen molar-refractivity contribution in [1.29, 1.82) is 0 Å². The molecule has 1 fully saturated rings. The number of urea groups is 1. The van der Waals surface area contributed by atoms with Crippen molar-refractivity contribution in [2.45, 2.75) is 18.8 Å². The van der Waals surface area contributed by atoms with E-state index in [9.17, 15) is 15.0 Å². The fourth-order valence-electron chi connectivity index (χ4n) is 3.08. The first-order chi connectivity index (χ1) is 11.1. The molecular weight excluding hydrogens is 318 g/mol. The summed E-state index contributed by atoms with van der Waals surface area (Å²) >= 11 is 1.26. The van der Waals surface area contributed by atoms with Gasteiger partial charge in [-0.2, -0.15) is 4.37 Å². The zero-order valence-electron chi connectivity index (χ0n) is 12.1. The number of aliphatic hydroxyl groups is 2. The maximum atomic E-state index is 12.7. The minimum absolute atomic E-state index is 0.0136. The lowest BCUT2D eigenvalue weighted by Gasteiger charge is -2.35. The number of aromatic nitrogens is 2. The van der Waals surface area contributed by atoms with Gasteiger partial charge in [0.15, 0.2) is 12.1 Å². The molecule has 8 nitrogen and oxygen atoms in total. The van der Waals surface area contributed by atoms with E-state index >= 15 is 0 Å². The van der Waals surface area contributed by atoms with Crippen molar-refractivity contribution in [2.24, 2.45) is 0 Å². The zero-order valence-corrected chi connectivity index (χ0v) is 12.9. The quantitative estimate of drug-likeness (QED) is 0.713. The lowest BCUT2D eigenvalue weighted by atomic mass is 10.1. The minimum atomic E-state index is -1.67. The molecule has 2 aromatic heterocycles. The SMILES string of the molecule is O=C(Nc1ccsn1)N1c2nc(C(O)O)ccc2N2CCC1C2. The van der Waals surface area contributed by atoms with Crippen LogP contribution in [0.5, 0.6) is 0 Å². The van der Waals surface area contributed by atoms with E-state index in [-0.39, 0.29) is 17.8 Å². The van der Waals surface area contributed by atoms with Crippen LogP contribution in [0, 0.1) is 0 Å². The number of nitrogens with one attached hydrogen (secondary N) is 1. The van der Waals surface area contributed by atoms with Gasteiger partial charge in [-0.15, -0.1) is 0 Å². The third-order valence-corrected chi connectivity index (χ3v) is 4.69. The van der Waals surface area contributed by atoms with E-state index in [4.69, 9.17) is 0 Å². The third kappa shape index (κ3) is 2.42. The van der Waals surface area contributed by atoms with Crippen molar-refractivity contribution in [3.05, 3.63) is 29.3 Å². The molecule has 3 N–H and O–H groups in total. The Morgan fingerprint density at radius 2 is 2.26 bits per heavy atom. The number of hydrogen-bond acceptors (Lipinski definition) is 7. The summed E-state index contributed by atoms with van der Waals surface area (Å²) in [6.45, 7) is 1.60. The lowest BCUT2D eigenvalue weighted by Crippen LogP contribution is -2.48. The molecule has 1 unspecified atom stereocenters. The molecular formula is C14H15N5O3S. The number of rotatable bonds is 2. The van der Waals surface area contributed by atoms with Crippen molar-refractivity contribution >= 4 is 34.9 Å². The second-order valence-corrected chi connectivity index (χ2v) is 6.19. The Morgan fingerprint density at radius 1 is 1.39 bits per heavy atom. The van der Waals surface area contributed by atoms with E-state index in [1.807, 2.05) is 0 Å². The predicted molar refractivity (Wildman–Crippen MR) is 85.6 cm³/mol. The summed E-state index contributed by atoms with van der Waals surface area (Å²) in [6, 6.07) is 4.79. The summed E-state index contributed by atoms with van der Waals surface area (Å²) < 4.78 is 4.09. The van der Waals surface area contributed by atoms with Crippen LogP contribution in [0.3, 0.4) is 0 Å². The number of fused-ring (bicyclic) bond motifs is 4. The molecule has 1 atom stereocenters. The molecule has 2 aromatic rings. The fraction of sp³-hybridized carbons (Fsp3) is 0.357. The van der Waals surface area contributed by atoms with Crippen molar-refractivity contribution in [2.75, 3.05) is 28.2 Å². The highest BCUT2D eigenvalue weighted by atomic mass is 32.1. The van der Waals surface area contributed by atoms with Crippen molar-refractivity contribution in [3.8, 4) is 0 Å². The van der Waals surface area contributed by atoms with E-state index in [0.29, 0.717) is 11.6 Å². The third-order valence-electron chi connectivity index (χ3n) is 4.13. The van der Waals surface area contributed by atoms with Crippen molar-refractivity contribution < 1.29 is 15.0 Å². The van der Waals surface area contributed by atoms with Gasteiger partial charge in [0.2, 0.25) is 0 Å². The van der Waals surface area contributed by atoms with Crippen LogP contribution < -0.4 is 15.1 Å². The maximum absolute atomic E-state index is 12.7. The van der Waals surface area contributed by atoms with Gasteiger partial charge in [-0.25, -0.2) is 9.78 Å². The number of amides is 2. The molecule has 0 saturated carbocycles. The summed E-state index contributed by atoms with van der Waals surface area (Å²) in [5.74, 6) is 0.956. The normalized spacial score (nSPS) is 19.2. The fourth-order valence-corrected chi connectivity index (χ4v) is 3.55. The molecule has 2 bridgehead atoms. The smallest absolute Gasteiger partial charge is 0.329 e. The number of anilines is 3. The highest BCUT2D eigenvalue weighted by molar-refractivity contribution is 7.03. The average molecular weight is 333 g/mol. The molecule has 0 spiro atoms. The Bertz CT molecular complexity index is 736. The first-order valence-electron chi connectivity index (χ1n) is 7.26. The average Bonchev–Trinajstić information content (AvgIpc) is 3.18. The molecule has 0 aliphatic carbocycles. The number of hydrogen-bond donors (Lipinski definition) is 3. The number of nitrogens with zero attached hydrogens (tertiary/aromatic N) is 4. The topological polar surface area (TPSA) is 102 Å². The van der Waals surface area contributed by atoms with Gasteiger partial charge in [0.05, 0.1) is 17.4 Å². The molecule has 2 amide bonds. The molecule has 0 aromatic carbocycles. The number of carbonyl (C=O) groups excluding carboxylic acids is 1. The van der Waals surface area contributed by atoms with Gasteiger partial charge < -0.3 is 15.1 Å². The standard InChI is InChI=1S/C14H15N5O3S/c20-13(21)9-1-2-10-12(15-9)19(8-3-5-18(10)7-8)14(22)16-11-4-6-23-17-11/h1-2,4,6,8,13,20-21H,3,5,7H2,(H,16,17,22). The monoisotopic (exact) mass is 333 g/mol. The van der Waals surface area contributed by atoms with Crippen LogP contribution in [0.25, 0.3) is 0 Å². The van der Waals surface area contributed by atoms with Crippen LogP contribution >= 0.6 is 11.5 Å². The zero-order chi connectivity index (χ0) is 16.0. The van der Waals surface area contributed by atoms with Crippen LogP contribution in [0.2, 0.25) is 0 Å². The van der Waals surface area contributed by atoms with E-state index < -0.39 is 6.29 Å². The van der Waals surface area contributed by atoms with Crippen LogP contribution in [-0.2, 0) is 0 Å². The molecule has 23 heavy (non-hydrogen) atoms. The number of aliphatic hydroxyl groups excluding tert-OH is 1. The molecule has 0 radical (unpaired) electrons. The van der Waals surface area contributed by atoms with Gasteiger partial charge in [-0.3, -0.25) is 10.2 Å². The lowest BCUT2D eigenvalue weighted by molar-refractivity contribution is -0.0457.